The minimum Gasteiger partial charge on any atom is -0.489 e. The lowest BCUT2D eigenvalue weighted by molar-refractivity contribution is 0.0842. The summed E-state index contributed by atoms with van der Waals surface area (Å²) in [5, 5.41) is 13.3. The van der Waals surface area contributed by atoms with Crippen LogP contribution in [0.15, 0.2) is 65.6 Å². The lowest BCUT2D eigenvalue weighted by Gasteiger charge is -2.14. The van der Waals surface area contributed by atoms with Crippen LogP contribution in [-0.2, 0) is 6.54 Å². The fourth-order valence-electron chi connectivity index (χ4n) is 2.99. The largest absolute Gasteiger partial charge is 0.489 e. The Bertz CT molecular complexity index is 1130. The first-order valence-electron chi connectivity index (χ1n) is 9.63. The Morgan fingerprint density at radius 2 is 1.94 bits per heavy atom. The molecule has 0 bridgehead atoms. The van der Waals surface area contributed by atoms with Crippen molar-refractivity contribution in [1.82, 2.24) is 9.88 Å². The molecular formula is C23H22Cl2N2O4. The van der Waals surface area contributed by atoms with Gasteiger partial charge in [-0.05, 0) is 36.8 Å². The van der Waals surface area contributed by atoms with Crippen molar-refractivity contribution in [2.75, 3.05) is 13.2 Å². The van der Waals surface area contributed by atoms with Crippen LogP contribution < -0.4 is 15.6 Å². The Labute approximate surface area is 190 Å². The zero-order valence-corrected chi connectivity index (χ0v) is 18.4. The second-order valence-electron chi connectivity index (χ2n) is 7.07. The maximum atomic E-state index is 12.7. The molecule has 3 aromatic rings. The number of aryl methyl sites for hydroxylation is 1. The highest BCUT2D eigenvalue weighted by Crippen LogP contribution is 2.31. The summed E-state index contributed by atoms with van der Waals surface area (Å²) in [5.41, 5.74) is 1.65. The molecule has 2 aromatic carbocycles. The highest BCUT2D eigenvalue weighted by atomic mass is 35.5. The molecule has 3 rings (SSSR count). The molecule has 0 aliphatic heterocycles. The van der Waals surface area contributed by atoms with Gasteiger partial charge in [0.2, 0.25) is 0 Å². The summed E-state index contributed by atoms with van der Waals surface area (Å²) in [5.74, 6) is -0.231. The maximum Gasteiger partial charge on any atom is 0.263 e. The van der Waals surface area contributed by atoms with Crippen molar-refractivity contribution < 1.29 is 14.6 Å². The zero-order valence-electron chi connectivity index (χ0n) is 16.8. The predicted molar refractivity (Wildman–Crippen MR) is 121 cm³/mol. The Kier molecular flexibility index (Phi) is 7.74. The van der Waals surface area contributed by atoms with Gasteiger partial charge >= 0.3 is 0 Å². The smallest absolute Gasteiger partial charge is 0.263 e. The number of benzene rings is 2. The topological polar surface area (TPSA) is 80.6 Å². The molecule has 0 saturated heterocycles. The Balaban J connectivity index is 1.59. The van der Waals surface area contributed by atoms with E-state index in [0.29, 0.717) is 17.3 Å². The van der Waals surface area contributed by atoms with E-state index in [0.717, 1.165) is 11.1 Å². The molecule has 31 heavy (non-hydrogen) atoms. The quantitative estimate of drug-likeness (QED) is 0.537. The molecule has 6 nitrogen and oxygen atoms in total. The number of pyridine rings is 1. The van der Waals surface area contributed by atoms with Crippen LogP contribution >= 0.6 is 23.2 Å². The van der Waals surface area contributed by atoms with E-state index in [1.807, 2.05) is 31.2 Å². The molecular weight excluding hydrogens is 439 g/mol. The van der Waals surface area contributed by atoms with Gasteiger partial charge in [-0.15, -0.1) is 0 Å². The Morgan fingerprint density at radius 3 is 2.71 bits per heavy atom. The van der Waals surface area contributed by atoms with Crippen LogP contribution in [-0.4, -0.2) is 34.8 Å². The van der Waals surface area contributed by atoms with Gasteiger partial charge in [0.05, 0.1) is 11.6 Å². The third-order valence-corrected chi connectivity index (χ3v) is 5.35. The van der Waals surface area contributed by atoms with E-state index >= 15 is 0 Å². The number of rotatable bonds is 8. The summed E-state index contributed by atoms with van der Waals surface area (Å²) in [7, 11) is 0. The number of nitrogens with one attached hydrogen (secondary N) is 1. The molecule has 8 heteroatoms. The average molecular weight is 461 g/mol. The molecule has 1 amide bonds. The summed E-state index contributed by atoms with van der Waals surface area (Å²) >= 11 is 12.0. The number of carbonyl (C=O) groups excluding carboxylic acids is 1. The molecule has 1 unspecified atom stereocenters. The minimum atomic E-state index is -1.00. The van der Waals surface area contributed by atoms with Gasteiger partial charge in [0.15, 0.2) is 0 Å². The second-order valence-corrected chi connectivity index (χ2v) is 7.86. The fraction of sp³-hybridized carbons (Fsp3) is 0.217. The normalized spacial score (nSPS) is 11.7. The molecule has 0 spiro atoms. The number of amides is 1. The second kappa shape index (κ2) is 10.5. The van der Waals surface area contributed by atoms with E-state index in [1.54, 1.807) is 30.5 Å². The SMILES string of the molecule is Cc1cccc(Cn2cccc(C(=O)NCC(O)COc3cccc(Cl)c3Cl)c2=O)c1. The number of ether oxygens (including phenoxy) is 1. The van der Waals surface area contributed by atoms with E-state index in [-0.39, 0.29) is 23.7 Å². The standard InChI is InChI=1S/C23H22Cl2N2O4/c1-15-5-2-6-16(11-15)13-27-10-4-7-18(23(27)30)22(29)26-12-17(28)14-31-20-9-3-8-19(24)21(20)25/h2-11,17,28H,12-14H2,1H3,(H,26,29). The summed E-state index contributed by atoms with van der Waals surface area (Å²) in [4.78, 5) is 25.2. The molecule has 1 atom stereocenters. The van der Waals surface area contributed by atoms with E-state index in [9.17, 15) is 14.7 Å². The van der Waals surface area contributed by atoms with Crippen LogP contribution in [0.5, 0.6) is 5.75 Å². The first-order chi connectivity index (χ1) is 14.8. The third-order valence-electron chi connectivity index (χ3n) is 4.55. The lowest BCUT2D eigenvalue weighted by Crippen LogP contribution is -2.38. The summed E-state index contributed by atoms with van der Waals surface area (Å²) in [6.45, 7) is 2.14. The average Bonchev–Trinajstić information content (AvgIpc) is 2.74. The Hall–Kier alpha value is -2.80. The molecule has 0 saturated carbocycles. The lowest BCUT2D eigenvalue weighted by atomic mass is 10.1. The molecule has 0 radical (unpaired) electrons. The molecule has 1 heterocycles. The van der Waals surface area contributed by atoms with Gasteiger partial charge in [-0.25, -0.2) is 0 Å². The van der Waals surface area contributed by atoms with Crippen molar-refractivity contribution in [3.05, 3.63) is 97.9 Å². The number of carbonyl (C=O) groups is 1. The van der Waals surface area contributed by atoms with E-state index in [2.05, 4.69) is 5.32 Å². The highest BCUT2D eigenvalue weighted by molar-refractivity contribution is 6.42. The third kappa shape index (κ3) is 6.10. The predicted octanol–water partition coefficient (Wildman–Crippen LogP) is 3.68. The van der Waals surface area contributed by atoms with Gasteiger partial charge < -0.3 is 19.7 Å². The number of hydrogen-bond donors (Lipinski definition) is 2. The molecule has 0 aliphatic rings. The van der Waals surface area contributed by atoms with Gasteiger partial charge in [-0.3, -0.25) is 9.59 Å². The number of hydrogen-bond acceptors (Lipinski definition) is 4. The number of halogens is 2. The van der Waals surface area contributed by atoms with E-state index in [1.165, 1.54) is 10.6 Å². The first kappa shape index (κ1) is 22.9. The van der Waals surface area contributed by atoms with Crippen LogP contribution in [0.4, 0.5) is 0 Å². The van der Waals surface area contributed by atoms with Crippen molar-refractivity contribution in [2.24, 2.45) is 0 Å². The molecule has 1 aromatic heterocycles. The summed E-state index contributed by atoms with van der Waals surface area (Å²) in [6, 6.07) is 15.8. The minimum absolute atomic E-state index is 0.00107. The fourth-order valence-corrected chi connectivity index (χ4v) is 3.33. The number of aliphatic hydroxyl groups is 1. The van der Waals surface area contributed by atoms with Crippen molar-refractivity contribution in [2.45, 2.75) is 19.6 Å². The van der Waals surface area contributed by atoms with E-state index < -0.39 is 17.6 Å². The van der Waals surface area contributed by atoms with Gasteiger partial charge in [0, 0.05) is 12.7 Å². The van der Waals surface area contributed by atoms with Crippen LogP contribution in [0.2, 0.25) is 10.0 Å². The maximum absolute atomic E-state index is 12.7. The van der Waals surface area contributed by atoms with Gasteiger partial charge in [-0.2, -0.15) is 0 Å². The van der Waals surface area contributed by atoms with Crippen molar-refractivity contribution in [1.29, 1.82) is 0 Å². The molecule has 0 aliphatic carbocycles. The molecule has 162 valence electrons. The Morgan fingerprint density at radius 1 is 1.16 bits per heavy atom. The molecule has 2 N–H and O–H groups in total. The first-order valence-corrected chi connectivity index (χ1v) is 10.4. The van der Waals surface area contributed by atoms with Gasteiger partial charge in [-0.1, -0.05) is 59.1 Å². The molecule has 0 fully saturated rings. The number of aromatic nitrogens is 1. The van der Waals surface area contributed by atoms with Crippen LogP contribution in [0.25, 0.3) is 0 Å². The van der Waals surface area contributed by atoms with Crippen LogP contribution in [0.1, 0.15) is 21.5 Å². The van der Waals surface area contributed by atoms with Gasteiger partial charge in [0.25, 0.3) is 11.5 Å². The van der Waals surface area contributed by atoms with Crippen molar-refractivity contribution >= 4 is 29.1 Å². The summed E-state index contributed by atoms with van der Waals surface area (Å²) < 4.78 is 6.93. The highest BCUT2D eigenvalue weighted by Gasteiger charge is 2.15. The monoisotopic (exact) mass is 460 g/mol. The summed E-state index contributed by atoms with van der Waals surface area (Å²) in [6.07, 6.45) is 0.635. The number of aliphatic hydroxyl groups excluding tert-OH is 1. The van der Waals surface area contributed by atoms with Crippen LogP contribution in [0.3, 0.4) is 0 Å². The van der Waals surface area contributed by atoms with Crippen molar-refractivity contribution in [3.8, 4) is 5.75 Å². The van der Waals surface area contributed by atoms with Crippen molar-refractivity contribution in [3.63, 3.8) is 0 Å². The number of nitrogens with zero attached hydrogens (tertiary/aromatic N) is 1. The van der Waals surface area contributed by atoms with Gasteiger partial charge in [0.1, 0.15) is 29.0 Å². The van der Waals surface area contributed by atoms with E-state index in [4.69, 9.17) is 27.9 Å². The zero-order chi connectivity index (χ0) is 22.4. The van der Waals surface area contributed by atoms with Crippen LogP contribution in [0, 0.1) is 6.92 Å².